The maximum atomic E-state index is 9.09. The van der Waals surface area contributed by atoms with Crippen LogP contribution in [0, 0.1) is 0 Å². The molecule has 1 aliphatic carbocycles. The van der Waals surface area contributed by atoms with Gasteiger partial charge in [0.25, 0.3) is 0 Å². The Bertz CT molecular complexity index is 410. The molecule has 4 nitrogen and oxygen atoms in total. The monoisotopic (exact) mass is 275 g/mol. The summed E-state index contributed by atoms with van der Waals surface area (Å²) in [6, 6.07) is 2.13. The molecule has 0 radical (unpaired) electrons. The zero-order chi connectivity index (χ0) is 12.4. The summed E-state index contributed by atoms with van der Waals surface area (Å²) in [5.41, 5.74) is 0. The maximum absolute atomic E-state index is 9.09. The molecule has 2 rings (SSSR count). The highest BCUT2D eigenvalue weighted by molar-refractivity contribution is 6.37. The smallest absolute Gasteiger partial charge is 0.150 e. The van der Waals surface area contributed by atoms with Crippen molar-refractivity contribution in [3.8, 4) is 0 Å². The van der Waals surface area contributed by atoms with Crippen LogP contribution in [0.2, 0.25) is 10.0 Å². The Morgan fingerprint density at radius 1 is 1.47 bits per heavy atom. The first-order valence-electron chi connectivity index (χ1n) is 5.58. The first-order chi connectivity index (χ1) is 8.17. The molecule has 1 fully saturated rings. The molecule has 0 bridgehead atoms. The van der Waals surface area contributed by atoms with Crippen molar-refractivity contribution in [3.63, 3.8) is 0 Å². The molecule has 2 N–H and O–H groups in total. The Labute approximate surface area is 111 Å². The predicted molar refractivity (Wildman–Crippen MR) is 71.3 cm³/mol. The molecule has 1 heterocycles. The van der Waals surface area contributed by atoms with Crippen LogP contribution in [0.5, 0.6) is 0 Å². The summed E-state index contributed by atoms with van der Waals surface area (Å²) in [4.78, 5) is 6.45. The molecule has 0 atom stereocenters. The highest BCUT2D eigenvalue weighted by Crippen LogP contribution is 2.37. The van der Waals surface area contributed by atoms with E-state index in [4.69, 9.17) is 28.3 Å². The molecular formula is C11H15Cl2N3O. The number of halogens is 2. The van der Waals surface area contributed by atoms with Gasteiger partial charge < -0.3 is 15.3 Å². The van der Waals surface area contributed by atoms with E-state index in [1.807, 2.05) is 4.90 Å². The van der Waals surface area contributed by atoms with Crippen LogP contribution in [0.1, 0.15) is 12.8 Å². The molecule has 6 heteroatoms. The minimum Gasteiger partial charge on any atom is -0.395 e. The molecule has 0 spiro atoms. The van der Waals surface area contributed by atoms with Crippen LogP contribution in [0.15, 0.2) is 6.07 Å². The lowest BCUT2D eigenvalue weighted by atomic mass is 10.3. The minimum absolute atomic E-state index is 0.0893. The lowest BCUT2D eigenvalue weighted by Crippen LogP contribution is -2.30. The van der Waals surface area contributed by atoms with Crippen LogP contribution in [-0.2, 0) is 0 Å². The van der Waals surface area contributed by atoms with Crippen LogP contribution in [0.25, 0.3) is 0 Å². The van der Waals surface area contributed by atoms with Gasteiger partial charge in [0.1, 0.15) is 11.6 Å². The quantitative estimate of drug-likeness (QED) is 0.867. The second-order valence-electron chi connectivity index (χ2n) is 4.02. The summed E-state index contributed by atoms with van der Waals surface area (Å²) < 4.78 is 0. The molecular weight excluding hydrogens is 261 g/mol. The molecule has 0 unspecified atom stereocenters. The molecule has 0 aromatic carbocycles. The van der Waals surface area contributed by atoms with Crippen molar-refractivity contribution in [1.82, 2.24) is 4.98 Å². The van der Waals surface area contributed by atoms with E-state index in [2.05, 4.69) is 10.3 Å². The third kappa shape index (κ3) is 2.76. The average Bonchev–Trinajstić information content (AvgIpc) is 3.11. The number of anilines is 2. The number of aliphatic hydroxyl groups is 1. The lowest BCUT2D eigenvalue weighted by molar-refractivity contribution is 0.301. The van der Waals surface area contributed by atoms with E-state index >= 15 is 0 Å². The molecule has 1 aromatic rings. The molecule has 1 aliphatic rings. The molecule has 94 valence electrons. The molecule has 1 aromatic heterocycles. The molecule has 0 amide bonds. The first kappa shape index (κ1) is 12.7. The Hall–Kier alpha value is -0.710. The van der Waals surface area contributed by atoms with Crippen LogP contribution >= 0.6 is 23.2 Å². The summed E-state index contributed by atoms with van der Waals surface area (Å²) >= 11 is 12.2. The predicted octanol–water partition coefficient (Wildman–Crippen LogP) is 2.39. The number of nitrogens with one attached hydrogen (secondary N) is 1. The van der Waals surface area contributed by atoms with E-state index in [0.717, 1.165) is 12.8 Å². The Morgan fingerprint density at radius 3 is 2.71 bits per heavy atom. The van der Waals surface area contributed by atoms with Gasteiger partial charge in [-0.2, -0.15) is 0 Å². The van der Waals surface area contributed by atoms with Gasteiger partial charge in [-0.05, 0) is 18.9 Å². The summed E-state index contributed by atoms with van der Waals surface area (Å²) in [7, 11) is 1.76. The fourth-order valence-corrected chi connectivity index (χ4v) is 2.35. The summed E-state index contributed by atoms with van der Waals surface area (Å²) in [6.07, 6.45) is 2.24. The summed E-state index contributed by atoms with van der Waals surface area (Å²) in [6.45, 7) is 0.633. The van der Waals surface area contributed by atoms with E-state index in [0.29, 0.717) is 34.3 Å². The van der Waals surface area contributed by atoms with Crippen LogP contribution < -0.4 is 10.2 Å². The number of nitrogens with zero attached hydrogens (tertiary/aromatic N) is 2. The number of hydrogen-bond acceptors (Lipinski definition) is 4. The first-order valence-corrected chi connectivity index (χ1v) is 6.34. The van der Waals surface area contributed by atoms with Gasteiger partial charge in [-0.15, -0.1) is 0 Å². The zero-order valence-corrected chi connectivity index (χ0v) is 11.1. The molecule has 17 heavy (non-hydrogen) atoms. The van der Waals surface area contributed by atoms with Gasteiger partial charge >= 0.3 is 0 Å². The number of hydrogen-bond donors (Lipinski definition) is 2. The van der Waals surface area contributed by atoms with Gasteiger partial charge in [-0.3, -0.25) is 0 Å². The second-order valence-corrected chi connectivity index (χ2v) is 4.84. The SMILES string of the molecule is CNc1nc(N(CCO)C2CC2)c(Cl)cc1Cl. The van der Waals surface area contributed by atoms with Gasteiger partial charge in [0, 0.05) is 19.6 Å². The van der Waals surface area contributed by atoms with Crippen molar-refractivity contribution < 1.29 is 5.11 Å². The van der Waals surface area contributed by atoms with Crippen LogP contribution in [-0.4, -0.2) is 36.3 Å². The Kier molecular flexibility index (Phi) is 3.97. The summed E-state index contributed by atoms with van der Waals surface area (Å²) in [5, 5.41) is 13.0. The van der Waals surface area contributed by atoms with Gasteiger partial charge in [0.05, 0.1) is 16.7 Å². The largest absolute Gasteiger partial charge is 0.395 e. The Morgan fingerprint density at radius 2 is 2.18 bits per heavy atom. The van der Waals surface area contributed by atoms with E-state index in [9.17, 15) is 0 Å². The van der Waals surface area contributed by atoms with E-state index in [1.165, 1.54) is 0 Å². The van der Waals surface area contributed by atoms with E-state index < -0.39 is 0 Å². The zero-order valence-electron chi connectivity index (χ0n) is 9.58. The fourth-order valence-electron chi connectivity index (χ4n) is 1.79. The van der Waals surface area contributed by atoms with Gasteiger partial charge in [0.2, 0.25) is 0 Å². The van der Waals surface area contributed by atoms with Crippen molar-refractivity contribution in [2.75, 3.05) is 30.4 Å². The van der Waals surface area contributed by atoms with Gasteiger partial charge in [-0.25, -0.2) is 4.98 Å². The number of pyridine rings is 1. The lowest BCUT2D eigenvalue weighted by Gasteiger charge is -2.24. The van der Waals surface area contributed by atoms with Crippen molar-refractivity contribution >= 4 is 34.8 Å². The van der Waals surface area contributed by atoms with E-state index in [-0.39, 0.29) is 6.61 Å². The fraction of sp³-hybridized carbons (Fsp3) is 0.545. The van der Waals surface area contributed by atoms with E-state index in [1.54, 1.807) is 13.1 Å². The Balaban J connectivity index is 2.34. The number of aliphatic hydroxyl groups excluding tert-OH is 1. The molecule has 1 saturated carbocycles. The highest BCUT2D eigenvalue weighted by Gasteiger charge is 2.31. The standard InChI is InChI=1S/C11H15Cl2N3O/c1-14-10-8(12)6-9(13)11(15-10)16(4-5-17)7-2-3-7/h6-7,17H,2-5H2,1H3,(H,14,15). The second kappa shape index (κ2) is 5.29. The van der Waals surface area contributed by atoms with Crippen molar-refractivity contribution in [2.24, 2.45) is 0 Å². The van der Waals surface area contributed by atoms with Gasteiger partial charge in [-0.1, -0.05) is 23.2 Å². The van der Waals surface area contributed by atoms with Crippen LogP contribution in [0.3, 0.4) is 0 Å². The normalized spacial score (nSPS) is 14.8. The average molecular weight is 276 g/mol. The van der Waals surface area contributed by atoms with Crippen molar-refractivity contribution in [1.29, 1.82) is 0 Å². The number of aromatic nitrogens is 1. The third-order valence-electron chi connectivity index (χ3n) is 2.75. The van der Waals surface area contributed by atoms with Gasteiger partial charge in [0.15, 0.2) is 0 Å². The third-order valence-corrected chi connectivity index (χ3v) is 3.31. The molecule has 0 aliphatic heterocycles. The number of rotatable bonds is 5. The molecule has 0 saturated heterocycles. The van der Waals surface area contributed by atoms with Crippen molar-refractivity contribution in [3.05, 3.63) is 16.1 Å². The summed E-state index contributed by atoms with van der Waals surface area (Å²) in [5.74, 6) is 1.30. The minimum atomic E-state index is 0.0893. The maximum Gasteiger partial charge on any atom is 0.150 e. The highest BCUT2D eigenvalue weighted by atomic mass is 35.5. The van der Waals surface area contributed by atoms with Crippen LogP contribution in [0.4, 0.5) is 11.6 Å². The van der Waals surface area contributed by atoms with Crippen molar-refractivity contribution in [2.45, 2.75) is 18.9 Å². The topological polar surface area (TPSA) is 48.4 Å².